The van der Waals surface area contributed by atoms with E-state index in [4.69, 9.17) is 28.4 Å². The van der Waals surface area contributed by atoms with Gasteiger partial charge in [-0.05, 0) is 112 Å². The summed E-state index contributed by atoms with van der Waals surface area (Å²) in [5.41, 5.74) is 2.47. The maximum atomic E-state index is 6.34. The maximum Gasteiger partial charge on any atom is 0.122 e. The van der Waals surface area contributed by atoms with Gasteiger partial charge in [-0.25, -0.2) is 0 Å². The maximum absolute atomic E-state index is 6.34. The van der Waals surface area contributed by atoms with E-state index in [1.807, 2.05) is 54.6 Å². The normalized spacial score (nSPS) is 11.5. The van der Waals surface area contributed by atoms with Gasteiger partial charge >= 0.3 is 0 Å². The molecule has 2 unspecified atom stereocenters. The van der Waals surface area contributed by atoms with E-state index in [0.29, 0.717) is 44.2 Å². The van der Waals surface area contributed by atoms with Crippen molar-refractivity contribution in [3.05, 3.63) is 164 Å². The highest BCUT2D eigenvalue weighted by atomic mass is 16.5. The Morgan fingerprint density at radius 1 is 0.525 bits per heavy atom. The zero-order valence-corrected chi connectivity index (χ0v) is 35.3. The monoisotopic (exact) mass is 798 g/mol. The molecule has 0 N–H and O–H groups in total. The Hall–Kier alpha value is -5.72. The van der Waals surface area contributed by atoms with Gasteiger partial charge in [-0.1, -0.05) is 139 Å². The molecular formula is C53H66O6. The van der Waals surface area contributed by atoms with Gasteiger partial charge in [0.05, 0.1) is 33.2 Å². The highest BCUT2D eigenvalue weighted by Crippen LogP contribution is 2.32. The molecule has 0 saturated heterocycles. The molecule has 6 aromatic rings. The van der Waals surface area contributed by atoms with Gasteiger partial charge in [0.1, 0.15) is 42.8 Å². The van der Waals surface area contributed by atoms with Crippen LogP contribution in [0.5, 0.6) is 23.0 Å². The molecule has 6 nitrogen and oxygen atoms in total. The first-order valence-corrected chi connectivity index (χ1v) is 20.2. The molecule has 6 rings (SSSR count). The van der Waals surface area contributed by atoms with Crippen molar-refractivity contribution in [2.75, 3.05) is 40.6 Å². The van der Waals surface area contributed by atoms with E-state index < -0.39 is 0 Å². The number of fused-ring (bicyclic) bond motifs is 2. The van der Waals surface area contributed by atoms with Crippen molar-refractivity contribution in [2.24, 2.45) is 11.8 Å². The lowest BCUT2D eigenvalue weighted by atomic mass is 9.84. The minimum absolute atomic E-state index is 0. The lowest BCUT2D eigenvalue weighted by Gasteiger charge is -2.28. The van der Waals surface area contributed by atoms with Crippen LogP contribution in [-0.2, 0) is 9.47 Å². The first-order chi connectivity index (χ1) is 28.2. The number of methoxy groups -OCH3 is 2. The molecule has 0 amide bonds. The lowest BCUT2D eigenvalue weighted by molar-refractivity contribution is -0.00266. The van der Waals surface area contributed by atoms with Crippen molar-refractivity contribution in [1.29, 1.82) is 0 Å². The Morgan fingerprint density at radius 3 is 1.46 bits per heavy atom. The molecule has 0 aliphatic heterocycles. The summed E-state index contributed by atoms with van der Waals surface area (Å²) in [4.78, 5) is 0. The topological polar surface area (TPSA) is 55.4 Å². The fourth-order valence-corrected chi connectivity index (χ4v) is 6.53. The van der Waals surface area contributed by atoms with E-state index in [1.54, 1.807) is 20.3 Å². The van der Waals surface area contributed by atoms with Crippen LogP contribution >= 0.6 is 0 Å². The molecular weight excluding hydrogens is 733 g/mol. The van der Waals surface area contributed by atoms with Crippen molar-refractivity contribution in [3.8, 4) is 23.0 Å². The summed E-state index contributed by atoms with van der Waals surface area (Å²) in [7, 11) is 3.37. The number of ether oxygens (including phenoxy) is 6. The fourth-order valence-electron chi connectivity index (χ4n) is 6.53. The number of benzene rings is 6. The van der Waals surface area contributed by atoms with E-state index in [1.165, 1.54) is 33.4 Å². The second kappa shape index (κ2) is 26.3. The molecule has 314 valence electrons. The van der Waals surface area contributed by atoms with E-state index in [0.717, 1.165) is 41.4 Å². The van der Waals surface area contributed by atoms with Crippen molar-refractivity contribution in [3.63, 3.8) is 0 Å². The van der Waals surface area contributed by atoms with E-state index in [2.05, 4.69) is 120 Å². The Morgan fingerprint density at radius 2 is 1.00 bits per heavy atom. The SMILES string of the molecule is C.C=COCCOc1ccc2ccccc2c1.C=Cc1ccc(OC)cc1.COc1ccc(C(CC(C)C)CC(OCCOc2ccc3ccccc3c2)C(C)C)cc1. The second-order valence-corrected chi connectivity index (χ2v) is 14.7. The van der Waals surface area contributed by atoms with Crippen LogP contribution in [0.3, 0.4) is 0 Å². The Balaban J connectivity index is 0.000000283. The molecule has 0 fully saturated rings. The van der Waals surface area contributed by atoms with Crippen LogP contribution in [0.15, 0.2) is 153 Å². The molecule has 2 atom stereocenters. The van der Waals surface area contributed by atoms with Crippen LogP contribution in [-0.4, -0.2) is 46.8 Å². The van der Waals surface area contributed by atoms with Crippen LogP contribution in [0.1, 0.15) is 65.0 Å². The third kappa shape index (κ3) is 16.6. The summed E-state index contributed by atoms with van der Waals surface area (Å²) in [6.07, 6.45) is 5.58. The molecule has 59 heavy (non-hydrogen) atoms. The van der Waals surface area contributed by atoms with Gasteiger partial charge in [0.25, 0.3) is 0 Å². The van der Waals surface area contributed by atoms with Crippen molar-refractivity contribution in [1.82, 2.24) is 0 Å². The van der Waals surface area contributed by atoms with E-state index >= 15 is 0 Å². The average Bonchev–Trinajstić information content (AvgIpc) is 3.26. The molecule has 0 saturated carbocycles. The van der Waals surface area contributed by atoms with E-state index in [-0.39, 0.29) is 13.5 Å². The van der Waals surface area contributed by atoms with Crippen LogP contribution in [0, 0.1) is 11.8 Å². The highest BCUT2D eigenvalue weighted by Gasteiger charge is 2.22. The van der Waals surface area contributed by atoms with Crippen LogP contribution in [0.4, 0.5) is 0 Å². The van der Waals surface area contributed by atoms with Gasteiger partial charge in [-0.15, -0.1) is 0 Å². The van der Waals surface area contributed by atoms with Gasteiger partial charge in [0.2, 0.25) is 0 Å². The first kappa shape index (κ1) is 47.7. The molecule has 0 bridgehead atoms. The Bertz CT molecular complexity index is 2070. The summed E-state index contributed by atoms with van der Waals surface area (Å²) in [5, 5.41) is 4.83. The molecule has 6 aromatic carbocycles. The molecule has 0 aliphatic carbocycles. The molecule has 6 heteroatoms. The Labute approximate surface area is 354 Å². The molecule has 0 aromatic heterocycles. The smallest absolute Gasteiger partial charge is 0.122 e. The summed E-state index contributed by atoms with van der Waals surface area (Å²) < 4.78 is 33.2. The van der Waals surface area contributed by atoms with Crippen LogP contribution in [0.25, 0.3) is 27.6 Å². The van der Waals surface area contributed by atoms with Crippen molar-refractivity contribution < 1.29 is 28.4 Å². The summed E-state index contributed by atoms with van der Waals surface area (Å²) >= 11 is 0. The third-order valence-electron chi connectivity index (χ3n) is 9.67. The first-order valence-electron chi connectivity index (χ1n) is 20.2. The number of hydrogen-bond donors (Lipinski definition) is 0. The lowest BCUT2D eigenvalue weighted by Crippen LogP contribution is -2.25. The van der Waals surface area contributed by atoms with Gasteiger partial charge < -0.3 is 28.4 Å². The molecule has 0 radical (unpaired) electrons. The average molecular weight is 799 g/mol. The van der Waals surface area contributed by atoms with Gasteiger partial charge in [0, 0.05) is 0 Å². The standard InChI is InChI=1S/C29H38O3.C14H14O2.C9H10O.CH4/c1-21(2)18-26(24-10-13-27(30-5)14-11-24)20-29(22(3)4)32-17-16-31-28-15-12-23-8-6-7-9-25(23)19-28;1-2-15-9-10-16-14-8-7-12-5-3-4-6-13(12)11-14;1-3-8-4-6-9(10-2)7-5-8;/h6-15,19,21-22,26,29H,16-18,20H2,1-5H3;2-8,11H,1,9-10H2;3-7H,1H2,2H3;1H4. The molecule has 0 aliphatic rings. The van der Waals surface area contributed by atoms with Crippen LogP contribution < -0.4 is 18.9 Å². The molecule has 0 spiro atoms. The summed E-state index contributed by atoms with van der Waals surface area (Å²) in [6, 6.07) is 45.1. The molecule has 0 heterocycles. The van der Waals surface area contributed by atoms with Crippen molar-refractivity contribution in [2.45, 2.75) is 60.0 Å². The minimum atomic E-state index is 0. The predicted molar refractivity (Wildman–Crippen MR) is 249 cm³/mol. The van der Waals surface area contributed by atoms with Gasteiger partial charge in [-0.3, -0.25) is 0 Å². The number of hydrogen-bond acceptors (Lipinski definition) is 6. The predicted octanol–water partition coefficient (Wildman–Crippen LogP) is 13.8. The summed E-state index contributed by atoms with van der Waals surface area (Å²) in [6.45, 7) is 18.4. The van der Waals surface area contributed by atoms with Gasteiger partial charge in [0.15, 0.2) is 0 Å². The summed E-state index contributed by atoms with van der Waals surface area (Å²) in [5.74, 6) is 5.09. The Kier molecular flexibility index (Phi) is 21.3. The largest absolute Gasteiger partial charge is 0.498 e. The highest BCUT2D eigenvalue weighted by molar-refractivity contribution is 5.84. The quantitative estimate of drug-likeness (QED) is 0.0601. The zero-order valence-electron chi connectivity index (χ0n) is 35.3. The van der Waals surface area contributed by atoms with Crippen molar-refractivity contribution >= 4 is 27.6 Å². The van der Waals surface area contributed by atoms with Crippen LogP contribution in [0.2, 0.25) is 0 Å². The third-order valence-corrected chi connectivity index (χ3v) is 9.67. The zero-order chi connectivity index (χ0) is 41.5. The second-order valence-electron chi connectivity index (χ2n) is 14.7. The minimum Gasteiger partial charge on any atom is -0.498 e. The van der Waals surface area contributed by atoms with E-state index in [9.17, 15) is 0 Å². The van der Waals surface area contributed by atoms with Gasteiger partial charge in [-0.2, -0.15) is 0 Å². The number of rotatable bonds is 19. The fraction of sp³-hybridized carbons (Fsp3) is 0.321.